The molecule has 0 unspecified atom stereocenters. The van der Waals surface area contributed by atoms with Crippen molar-refractivity contribution >= 4 is 17.7 Å². The summed E-state index contributed by atoms with van der Waals surface area (Å²) < 4.78 is 14.2. The van der Waals surface area contributed by atoms with Crippen molar-refractivity contribution in [2.45, 2.75) is 44.7 Å². The average Bonchev–Trinajstić information content (AvgIpc) is 3.04. The number of nitrogens with zero attached hydrogens (tertiary/aromatic N) is 4. The Morgan fingerprint density at radius 1 is 1.21 bits per heavy atom. The molecule has 2 saturated heterocycles. The molecule has 2 fully saturated rings. The molecule has 3 heterocycles. The molecule has 2 aliphatic heterocycles. The summed E-state index contributed by atoms with van der Waals surface area (Å²) in [6.07, 6.45) is 2.89. The minimum Gasteiger partial charge on any atom is -0.337 e. The molecule has 180 valence electrons. The van der Waals surface area contributed by atoms with Crippen molar-refractivity contribution < 1.29 is 18.8 Å². The van der Waals surface area contributed by atoms with E-state index in [0.29, 0.717) is 17.7 Å². The van der Waals surface area contributed by atoms with Gasteiger partial charge in [-0.3, -0.25) is 24.3 Å². The first-order valence-electron chi connectivity index (χ1n) is 11.7. The number of benzene rings is 1. The maximum absolute atomic E-state index is 14.2. The molecule has 0 bridgehead atoms. The summed E-state index contributed by atoms with van der Waals surface area (Å²) >= 11 is 0. The van der Waals surface area contributed by atoms with Crippen LogP contribution < -0.4 is 0 Å². The van der Waals surface area contributed by atoms with Crippen LogP contribution in [0.5, 0.6) is 0 Å². The van der Waals surface area contributed by atoms with Crippen LogP contribution in [0.15, 0.2) is 48.8 Å². The van der Waals surface area contributed by atoms with Gasteiger partial charge in [0.1, 0.15) is 5.82 Å². The molecule has 1 aromatic carbocycles. The Morgan fingerprint density at radius 3 is 2.68 bits per heavy atom. The highest BCUT2D eigenvalue weighted by atomic mass is 19.1. The van der Waals surface area contributed by atoms with E-state index in [-0.39, 0.29) is 43.2 Å². The van der Waals surface area contributed by atoms with Crippen molar-refractivity contribution in [1.29, 1.82) is 0 Å². The number of likely N-dealkylation sites (N-methyl/N-ethyl adjacent to an activating group) is 1. The van der Waals surface area contributed by atoms with Gasteiger partial charge in [-0.05, 0) is 42.3 Å². The molecule has 3 amide bonds. The monoisotopic (exact) mass is 466 g/mol. The van der Waals surface area contributed by atoms with Crippen LogP contribution in [-0.4, -0.2) is 70.1 Å². The van der Waals surface area contributed by atoms with Gasteiger partial charge in [0.2, 0.25) is 17.7 Å². The average molecular weight is 467 g/mol. The van der Waals surface area contributed by atoms with Crippen molar-refractivity contribution in [2.24, 2.45) is 5.92 Å². The predicted molar refractivity (Wildman–Crippen MR) is 125 cm³/mol. The van der Waals surface area contributed by atoms with Crippen LogP contribution in [0, 0.1) is 11.7 Å². The Labute approximate surface area is 199 Å². The summed E-state index contributed by atoms with van der Waals surface area (Å²) in [4.78, 5) is 49.9. The lowest BCUT2D eigenvalue weighted by Crippen LogP contribution is -2.57. The molecule has 0 radical (unpaired) electrons. The number of hydrogen-bond donors (Lipinski definition) is 0. The van der Waals surface area contributed by atoms with Gasteiger partial charge in [-0.15, -0.1) is 0 Å². The number of carbonyl (C=O) groups excluding carboxylic acids is 3. The Morgan fingerprint density at radius 2 is 2.00 bits per heavy atom. The van der Waals surface area contributed by atoms with E-state index in [1.165, 1.54) is 23.1 Å². The minimum absolute atomic E-state index is 0.00881. The third-order valence-corrected chi connectivity index (χ3v) is 7.01. The number of carbonyl (C=O) groups is 3. The van der Waals surface area contributed by atoms with Gasteiger partial charge in [0.05, 0.1) is 12.0 Å². The summed E-state index contributed by atoms with van der Waals surface area (Å²) in [5.74, 6) is -1.28. The smallest absolute Gasteiger partial charge is 0.241 e. The minimum atomic E-state index is -1.43. The normalized spacial score (nSPS) is 23.7. The van der Waals surface area contributed by atoms with Gasteiger partial charge in [-0.2, -0.15) is 0 Å². The van der Waals surface area contributed by atoms with E-state index in [1.54, 1.807) is 30.6 Å². The number of imide groups is 1. The summed E-state index contributed by atoms with van der Waals surface area (Å²) in [6, 6.07) is 9.26. The fourth-order valence-corrected chi connectivity index (χ4v) is 5.08. The number of pyridine rings is 1. The first-order chi connectivity index (χ1) is 16.2. The van der Waals surface area contributed by atoms with Crippen molar-refractivity contribution in [3.05, 3.63) is 65.7 Å². The first kappa shape index (κ1) is 24.0. The van der Waals surface area contributed by atoms with E-state index in [4.69, 9.17) is 0 Å². The summed E-state index contributed by atoms with van der Waals surface area (Å²) in [6.45, 7) is 6.26. The van der Waals surface area contributed by atoms with E-state index in [9.17, 15) is 18.8 Å². The summed E-state index contributed by atoms with van der Waals surface area (Å²) in [5, 5.41) is 0. The zero-order chi connectivity index (χ0) is 24.5. The first-order valence-corrected chi connectivity index (χ1v) is 11.7. The molecule has 2 atom stereocenters. The van der Waals surface area contributed by atoms with Crippen LogP contribution in [0.1, 0.15) is 37.8 Å². The third kappa shape index (κ3) is 4.59. The predicted octanol–water partition coefficient (Wildman–Crippen LogP) is 2.61. The lowest BCUT2D eigenvalue weighted by Gasteiger charge is -2.43. The maximum atomic E-state index is 14.2. The molecule has 2 aromatic rings. The number of hydrogen-bond acceptors (Lipinski definition) is 5. The van der Waals surface area contributed by atoms with E-state index in [2.05, 4.69) is 23.7 Å². The number of aromatic nitrogens is 1. The molecule has 0 N–H and O–H groups in total. The quantitative estimate of drug-likeness (QED) is 0.612. The summed E-state index contributed by atoms with van der Waals surface area (Å²) in [5.41, 5.74) is -0.351. The molecule has 0 aliphatic carbocycles. The van der Waals surface area contributed by atoms with Crippen LogP contribution in [0.2, 0.25) is 0 Å². The van der Waals surface area contributed by atoms with Gasteiger partial charge in [0, 0.05) is 50.9 Å². The molecule has 1 aromatic heterocycles. The highest BCUT2D eigenvalue weighted by molar-refractivity contribution is 6.10. The second-order valence-electron chi connectivity index (χ2n) is 9.75. The maximum Gasteiger partial charge on any atom is 0.241 e. The van der Waals surface area contributed by atoms with Gasteiger partial charge in [-0.1, -0.05) is 32.0 Å². The van der Waals surface area contributed by atoms with Crippen LogP contribution in [0.4, 0.5) is 4.39 Å². The number of halogens is 1. The fraction of sp³-hybridized carbons (Fsp3) is 0.462. The topological polar surface area (TPSA) is 73.8 Å². The zero-order valence-electron chi connectivity index (χ0n) is 19.9. The molecular weight excluding hydrogens is 435 g/mol. The fourth-order valence-electron chi connectivity index (χ4n) is 5.08. The molecule has 8 heteroatoms. The number of likely N-dealkylation sites (tertiary alicyclic amines) is 1. The van der Waals surface area contributed by atoms with Crippen LogP contribution in [0.25, 0.3) is 0 Å². The van der Waals surface area contributed by atoms with Gasteiger partial charge in [0.25, 0.3) is 0 Å². The second kappa shape index (κ2) is 9.62. The second-order valence-corrected chi connectivity index (χ2v) is 9.75. The van der Waals surface area contributed by atoms with E-state index >= 15 is 0 Å². The molecule has 34 heavy (non-hydrogen) atoms. The molecular formula is C26H31FN4O3. The van der Waals surface area contributed by atoms with E-state index in [1.807, 2.05) is 11.9 Å². The SMILES string of the molecule is CC(C)[C@H]1CN(C)CCN1C(=O)C[C@@]1(c2cccc(F)c2)CC(=O)N(Cc2cccnc2)C1=O. The number of rotatable bonds is 6. The largest absolute Gasteiger partial charge is 0.337 e. The number of amides is 3. The van der Waals surface area contributed by atoms with Crippen molar-refractivity contribution in [1.82, 2.24) is 19.7 Å². The van der Waals surface area contributed by atoms with Crippen molar-refractivity contribution in [2.75, 3.05) is 26.7 Å². The Kier molecular flexibility index (Phi) is 6.79. The van der Waals surface area contributed by atoms with Gasteiger partial charge >= 0.3 is 0 Å². The zero-order valence-corrected chi connectivity index (χ0v) is 19.9. The van der Waals surface area contributed by atoms with Crippen molar-refractivity contribution in [3.8, 4) is 0 Å². The lowest BCUT2D eigenvalue weighted by molar-refractivity contribution is -0.145. The van der Waals surface area contributed by atoms with E-state index < -0.39 is 17.1 Å². The third-order valence-electron chi connectivity index (χ3n) is 7.01. The Balaban J connectivity index is 1.68. The lowest BCUT2D eigenvalue weighted by atomic mass is 9.75. The van der Waals surface area contributed by atoms with Gasteiger partial charge < -0.3 is 9.80 Å². The highest BCUT2D eigenvalue weighted by Gasteiger charge is 2.54. The van der Waals surface area contributed by atoms with Gasteiger partial charge in [-0.25, -0.2) is 4.39 Å². The van der Waals surface area contributed by atoms with Crippen LogP contribution >= 0.6 is 0 Å². The molecule has 4 rings (SSSR count). The van der Waals surface area contributed by atoms with E-state index in [0.717, 1.165) is 13.1 Å². The van der Waals surface area contributed by atoms with Gasteiger partial charge in [0.15, 0.2) is 0 Å². The van der Waals surface area contributed by atoms with Crippen LogP contribution in [-0.2, 0) is 26.3 Å². The number of piperazine rings is 1. The molecule has 7 nitrogen and oxygen atoms in total. The van der Waals surface area contributed by atoms with Crippen molar-refractivity contribution in [3.63, 3.8) is 0 Å². The Hall–Kier alpha value is -3.13. The molecule has 0 spiro atoms. The van der Waals surface area contributed by atoms with Crippen LogP contribution in [0.3, 0.4) is 0 Å². The molecule has 0 saturated carbocycles. The Bertz CT molecular complexity index is 1080. The highest BCUT2D eigenvalue weighted by Crippen LogP contribution is 2.41. The molecule has 2 aliphatic rings. The summed E-state index contributed by atoms with van der Waals surface area (Å²) in [7, 11) is 2.03. The standard InChI is InChI=1S/C26H31FN4O3/c1-18(2)22-17-29(3)10-11-30(22)23(32)13-26(20-7-4-8-21(27)12-20)14-24(33)31(25(26)34)16-19-6-5-9-28-15-19/h4-9,12,15,18,22H,10-11,13-14,16-17H2,1-3H3/t22-,26+/m1/s1.